The van der Waals surface area contributed by atoms with E-state index in [4.69, 9.17) is 4.74 Å². The zero-order valence-corrected chi connectivity index (χ0v) is 16.3. The number of nitrogens with zero attached hydrogens (tertiary/aromatic N) is 1. The summed E-state index contributed by atoms with van der Waals surface area (Å²) in [7, 11) is 0. The van der Waals surface area contributed by atoms with Crippen molar-refractivity contribution < 1.29 is 4.74 Å². The first-order valence-corrected chi connectivity index (χ1v) is 7.34. The Kier molecular flexibility index (Phi) is 9.89. The van der Waals surface area contributed by atoms with Crippen molar-refractivity contribution in [3.63, 3.8) is 0 Å². The molecular formula is C17H28IN3O. The number of ether oxygens (including phenoxy) is 1. The third-order valence-electron chi connectivity index (χ3n) is 2.57. The lowest BCUT2D eigenvalue weighted by atomic mass is 10.1. The fraction of sp³-hybridized carbons (Fsp3) is 0.471. The van der Waals surface area contributed by atoms with Crippen LogP contribution in [0.2, 0.25) is 0 Å². The smallest absolute Gasteiger partial charge is 0.191 e. The van der Waals surface area contributed by atoms with E-state index in [1.165, 1.54) is 0 Å². The van der Waals surface area contributed by atoms with Crippen LogP contribution in [-0.4, -0.2) is 24.7 Å². The summed E-state index contributed by atoms with van der Waals surface area (Å²) in [5, 5.41) is 6.63. The van der Waals surface area contributed by atoms with E-state index in [2.05, 4.69) is 49.9 Å². The van der Waals surface area contributed by atoms with E-state index in [0.29, 0.717) is 13.2 Å². The Balaban J connectivity index is 0.00000441. The molecule has 0 amide bonds. The molecule has 0 unspecified atom stereocenters. The molecule has 0 aliphatic carbocycles. The standard InChI is InChI=1S/C17H27N3O.HI/c1-6-12-21-15-11-9-8-10-14(15)13-19-16(18-7-2)20-17(3,4)5;/h6,8-11H,1,7,12-13H2,2-5H3,(H2,18,19,20);1H. The van der Waals surface area contributed by atoms with Gasteiger partial charge in [0, 0.05) is 17.6 Å². The number of hydrogen-bond acceptors (Lipinski definition) is 2. The molecule has 1 rings (SSSR count). The molecule has 0 fully saturated rings. The molecule has 4 nitrogen and oxygen atoms in total. The first-order valence-electron chi connectivity index (χ1n) is 7.34. The van der Waals surface area contributed by atoms with Crippen molar-refractivity contribution in [2.45, 2.75) is 39.8 Å². The van der Waals surface area contributed by atoms with Gasteiger partial charge < -0.3 is 15.4 Å². The average molecular weight is 417 g/mol. The van der Waals surface area contributed by atoms with Crippen LogP contribution < -0.4 is 15.4 Å². The van der Waals surface area contributed by atoms with Gasteiger partial charge in [-0.2, -0.15) is 0 Å². The number of para-hydroxylation sites is 1. The lowest BCUT2D eigenvalue weighted by Gasteiger charge is -2.23. The van der Waals surface area contributed by atoms with Gasteiger partial charge in [0.25, 0.3) is 0 Å². The van der Waals surface area contributed by atoms with Crippen LogP contribution in [-0.2, 0) is 6.54 Å². The van der Waals surface area contributed by atoms with Crippen molar-refractivity contribution in [1.29, 1.82) is 0 Å². The third kappa shape index (κ3) is 8.26. The highest BCUT2D eigenvalue weighted by Crippen LogP contribution is 2.18. The highest BCUT2D eigenvalue weighted by atomic mass is 127. The van der Waals surface area contributed by atoms with Crippen molar-refractivity contribution in [3.8, 4) is 5.75 Å². The summed E-state index contributed by atoms with van der Waals surface area (Å²) in [6.07, 6.45) is 1.74. The highest BCUT2D eigenvalue weighted by Gasteiger charge is 2.11. The van der Waals surface area contributed by atoms with E-state index in [-0.39, 0.29) is 29.5 Å². The van der Waals surface area contributed by atoms with Crippen LogP contribution >= 0.6 is 24.0 Å². The molecule has 0 heterocycles. The SMILES string of the molecule is C=CCOc1ccccc1CN=C(NCC)NC(C)(C)C.I. The van der Waals surface area contributed by atoms with Crippen LogP contribution in [0.3, 0.4) is 0 Å². The first kappa shape index (κ1) is 20.8. The number of halogens is 1. The molecule has 22 heavy (non-hydrogen) atoms. The molecule has 0 aliphatic rings. The molecular weight excluding hydrogens is 389 g/mol. The average Bonchev–Trinajstić information content (AvgIpc) is 2.42. The van der Waals surface area contributed by atoms with Gasteiger partial charge in [-0.05, 0) is 33.8 Å². The summed E-state index contributed by atoms with van der Waals surface area (Å²) in [5.41, 5.74) is 1.03. The molecule has 0 aliphatic heterocycles. The van der Waals surface area contributed by atoms with Crippen molar-refractivity contribution in [2.24, 2.45) is 4.99 Å². The highest BCUT2D eigenvalue weighted by molar-refractivity contribution is 14.0. The summed E-state index contributed by atoms with van der Waals surface area (Å²) in [5.74, 6) is 1.66. The minimum atomic E-state index is -0.0279. The fourth-order valence-corrected chi connectivity index (χ4v) is 1.75. The van der Waals surface area contributed by atoms with Crippen LogP contribution in [0, 0.1) is 0 Å². The zero-order chi connectivity index (χ0) is 15.7. The molecule has 0 spiro atoms. The zero-order valence-electron chi connectivity index (χ0n) is 14.0. The minimum Gasteiger partial charge on any atom is -0.489 e. The van der Waals surface area contributed by atoms with Crippen molar-refractivity contribution >= 4 is 29.9 Å². The minimum absolute atomic E-state index is 0. The van der Waals surface area contributed by atoms with Crippen LogP contribution in [0.5, 0.6) is 5.75 Å². The Hall–Kier alpha value is -1.24. The number of hydrogen-bond donors (Lipinski definition) is 2. The number of nitrogens with one attached hydrogen (secondary N) is 2. The van der Waals surface area contributed by atoms with Crippen molar-refractivity contribution in [1.82, 2.24) is 10.6 Å². The van der Waals surface area contributed by atoms with Crippen LogP contribution in [0.4, 0.5) is 0 Å². The lowest BCUT2D eigenvalue weighted by Crippen LogP contribution is -2.47. The Labute approximate surface area is 151 Å². The molecule has 1 aromatic rings. The van der Waals surface area contributed by atoms with Gasteiger partial charge in [0.15, 0.2) is 5.96 Å². The van der Waals surface area contributed by atoms with E-state index < -0.39 is 0 Å². The normalized spacial score (nSPS) is 11.4. The molecule has 0 saturated carbocycles. The molecule has 0 aromatic heterocycles. The second-order valence-corrected chi connectivity index (χ2v) is 5.78. The molecule has 5 heteroatoms. The van der Waals surface area contributed by atoms with E-state index in [0.717, 1.165) is 23.8 Å². The van der Waals surface area contributed by atoms with Crippen LogP contribution in [0.1, 0.15) is 33.3 Å². The Morgan fingerprint density at radius 3 is 2.59 bits per heavy atom. The molecule has 0 atom stereocenters. The predicted octanol–water partition coefficient (Wildman–Crippen LogP) is 3.72. The van der Waals surface area contributed by atoms with Crippen LogP contribution in [0.15, 0.2) is 41.9 Å². The van der Waals surface area contributed by atoms with Gasteiger partial charge in [0.05, 0.1) is 6.54 Å². The molecule has 0 saturated heterocycles. The maximum atomic E-state index is 5.65. The van der Waals surface area contributed by atoms with Gasteiger partial charge in [-0.1, -0.05) is 30.9 Å². The van der Waals surface area contributed by atoms with E-state index in [1.54, 1.807) is 6.08 Å². The number of rotatable bonds is 6. The molecule has 1 aromatic carbocycles. The lowest BCUT2D eigenvalue weighted by molar-refractivity contribution is 0.359. The topological polar surface area (TPSA) is 45.6 Å². The first-order chi connectivity index (χ1) is 9.96. The third-order valence-corrected chi connectivity index (χ3v) is 2.57. The van der Waals surface area contributed by atoms with E-state index >= 15 is 0 Å². The van der Waals surface area contributed by atoms with Crippen molar-refractivity contribution in [2.75, 3.05) is 13.2 Å². The Morgan fingerprint density at radius 2 is 2.00 bits per heavy atom. The fourth-order valence-electron chi connectivity index (χ4n) is 1.75. The Morgan fingerprint density at radius 1 is 1.32 bits per heavy atom. The summed E-state index contributed by atoms with van der Waals surface area (Å²) in [4.78, 5) is 4.63. The molecule has 0 bridgehead atoms. The van der Waals surface area contributed by atoms with Gasteiger partial charge in [-0.15, -0.1) is 24.0 Å². The van der Waals surface area contributed by atoms with Gasteiger partial charge in [-0.25, -0.2) is 4.99 Å². The second-order valence-electron chi connectivity index (χ2n) is 5.78. The number of aliphatic imine (C=N–C) groups is 1. The van der Waals surface area contributed by atoms with Gasteiger partial charge in [0.1, 0.15) is 12.4 Å². The summed E-state index contributed by atoms with van der Waals surface area (Å²) < 4.78 is 5.65. The number of benzene rings is 1. The predicted molar refractivity (Wildman–Crippen MR) is 105 cm³/mol. The van der Waals surface area contributed by atoms with Crippen molar-refractivity contribution in [3.05, 3.63) is 42.5 Å². The Bertz CT molecular complexity index is 481. The maximum absolute atomic E-state index is 5.65. The largest absolute Gasteiger partial charge is 0.489 e. The van der Waals surface area contributed by atoms with E-state index in [1.807, 2.05) is 24.3 Å². The van der Waals surface area contributed by atoms with Gasteiger partial charge in [-0.3, -0.25) is 0 Å². The molecule has 2 N–H and O–H groups in total. The summed E-state index contributed by atoms with van der Waals surface area (Å²) in [6.45, 7) is 14.0. The van der Waals surface area contributed by atoms with E-state index in [9.17, 15) is 0 Å². The molecule has 0 radical (unpaired) electrons. The maximum Gasteiger partial charge on any atom is 0.191 e. The monoisotopic (exact) mass is 417 g/mol. The second kappa shape index (κ2) is 10.5. The summed E-state index contributed by atoms with van der Waals surface area (Å²) >= 11 is 0. The van der Waals surface area contributed by atoms with Gasteiger partial charge >= 0.3 is 0 Å². The number of guanidine groups is 1. The quantitative estimate of drug-likeness (QED) is 0.321. The van der Waals surface area contributed by atoms with Gasteiger partial charge in [0.2, 0.25) is 0 Å². The van der Waals surface area contributed by atoms with Crippen LogP contribution in [0.25, 0.3) is 0 Å². The molecule has 124 valence electrons. The summed E-state index contributed by atoms with van der Waals surface area (Å²) in [6, 6.07) is 7.95.